The molecule has 1 aliphatic rings. The fraction of sp³-hybridized carbons (Fsp3) is 0.294. The molecule has 2 aromatic rings. The van der Waals surface area contributed by atoms with Crippen molar-refractivity contribution >= 4 is 11.7 Å². The summed E-state index contributed by atoms with van der Waals surface area (Å²) in [6.07, 6.45) is 2.11. The van der Waals surface area contributed by atoms with Crippen molar-refractivity contribution in [2.24, 2.45) is 5.92 Å². The monoisotopic (exact) mass is 326 g/mol. The third-order valence-corrected chi connectivity index (χ3v) is 4.14. The number of rotatable bonds is 4. The Morgan fingerprint density at radius 2 is 2.12 bits per heavy atom. The minimum atomic E-state index is -1.45. The van der Waals surface area contributed by atoms with E-state index in [4.69, 9.17) is 5.26 Å². The molecule has 3 rings (SSSR count). The summed E-state index contributed by atoms with van der Waals surface area (Å²) in [5, 5.41) is 15.7. The van der Waals surface area contributed by atoms with Crippen molar-refractivity contribution in [3.8, 4) is 11.8 Å². The molecule has 7 heteroatoms. The van der Waals surface area contributed by atoms with Crippen LogP contribution in [0.2, 0.25) is 0 Å². The van der Waals surface area contributed by atoms with Crippen LogP contribution in [0.25, 0.3) is 5.69 Å². The van der Waals surface area contributed by atoms with Gasteiger partial charge in [0.05, 0.1) is 6.07 Å². The molecule has 0 spiro atoms. The first-order valence-electron chi connectivity index (χ1n) is 7.59. The molecule has 0 fully saturated rings. The lowest BCUT2D eigenvalue weighted by molar-refractivity contribution is -0.121. The Morgan fingerprint density at radius 1 is 1.38 bits per heavy atom. The summed E-state index contributed by atoms with van der Waals surface area (Å²) in [4.78, 5) is 24.4. The number of nitriles is 1. The molecule has 1 atom stereocenters. The average Bonchev–Trinajstić information content (AvgIpc) is 3.18. The fourth-order valence-corrected chi connectivity index (χ4v) is 2.98. The van der Waals surface area contributed by atoms with Gasteiger partial charge < -0.3 is 5.32 Å². The lowest BCUT2D eigenvalue weighted by Crippen LogP contribution is -2.32. The topological polar surface area (TPSA) is 87.8 Å². The summed E-state index contributed by atoms with van der Waals surface area (Å²) in [6, 6.07) is 7.88. The van der Waals surface area contributed by atoms with Crippen LogP contribution in [-0.2, 0) is 17.6 Å². The van der Waals surface area contributed by atoms with Gasteiger partial charge in [-0.25, -0.2) is 9.07 Å². The molecule has 0 unspecified atom stereocenters. The largest absolute Gasteiger partial charge is 0.358 e. The van der Waals surface area contributed by atoms with E-state index in [0.717, 1.165) is 12.1 Å². The molecule has 0 saturated carbocycles. The maximum absolute atomic E-state index is 14.1. The molecule has 24 heavy (non-hydrogen) atoms. The van der Waals surface area contributed by atoms with Crippen molar-refractivity contribution in [3.63, 3.8) is 0 Å². The zero-order chi connectivity index (χ0) is 17.3. The lowest BCUT2D eigenvalue weighted by atomic mass is 9.99. The van der Waals surface area contributed by atoms with Gasteiger partial charge in [0.25, 0.3) is 0 Å². The van der Waals surface area contributed by atoms with Crippen LogP contribution < -0.4 is 5.32 Å². The van der Waals surface area contributed by atoms with E-state index in [1.807, 2.05) is 0 Å². The molecule has 1 N–H and O–H groups in total. The Hall–Kier alpha value is -3.01. The Kier molecular flexibility index (Phi) is 4.13. The summed E-state index contributed by atoms with van der Waals surface area (Å²) in [5.41, 5.74) is 1.80. The van der Waals surface area contributed by atoms with Crippen molar-refractivity contribution in [3.05, 3.63) is 47.0 Å². The van der Waals surface area contributed by atoms with E-state index in [9.17, 15) is 14.0 Å². The number of aromatic nitrogens is 2. The molecule has 0 saturated heterocycles. The maximum atomic E-state index is 14.1. The zero-order valence-electron chi connectivity index (χ0n) is 13.0. The number of amides is 1. The number of fused-ring (bicyclic) bond motifs is 1. The SMILES string of the molecule is CNC(=O)[C@H](C#N)C(=O)c1nn(-c2ccccc2F)c2c1CCC2. The fourth-order valence-electron chi connectivity index (χ4n) is 2.98. The number of benzene rings is 1. The van der Waals surface area contributed by atoms with Gasteiger partial charge in [0, 0.05) is 18.3 Å². The smallest absolute Gasteiger partial charge is 0.245 e. The Balaban J connectivity index is 2.10. The Bertz CT molecular complexity index is 866. The van der Waals surface area contributed by atoms with E-state index >= 15 is 0 Å². The van der Waals surface area contributed by atoms with Crippen LogP contribution in [0.15, 0.2) is 24.3 Å². The number of Topliss-reactive ketones (excluding diaryl/α,β-unsaturated/α-hetero) is 1. The van der Waals surface area contributed by atoms with E-state index in [-0.39, 0.29) is 11.4 Å². The number of hydrogen-bond acceptors (Lipinski definition) is 4. The van der Waals surface area contributed by atoms with Crippen LogP contribution in [0.3, 0.4) is 0 Å². The second-order valence-corrected chi connectivity index (χ2v) is 5.53. The van der Waals surface area contributed by atoms with Crippen molar-refractivity contribution in [1.82, 2.24) is 15.1 Å². The molecule has 0 radical (unpaired) electrons. The van der Waals surface area contributed by atoms with Gasteiger partial charge in [-0.3, -0.25) is 9.59 Å². The number of para-hydroxylation sites is 1. The van der Waals surface area contributed by atoms with Crippen LogP contribution in [-0.4, -0.2) is 28.5 Å². The van der Waals surface area contributed by atoms with Gasteiger partial charge in [-0.15, -0.1) is 0 Å². The predicted molar refractivity (Wildman–Crippen MR) is 83.0 cm³/mol. The highest BCUT2D eigenvalue weighted by Gasteiger charge is 2.34. The first-order valence-corrected chi connectivity index (χ1v) is 7.59. The molecule has 0 bridgehead atoms. The second-order valence-electron chi connectivity index (χ2n) is 5.53. The van der Waals surface area contributed by atoms with Crippen LogP contribution >= 0.6 is 0 Å². The normalized spacial score (nSPS) is 13.9. The molecule has 1 aromatic heterocycles. The van der Waals surface area contributed by atoms with E-state index in [0.29, 0.717) is 18.4 Å². The van der Waals surface area contributed by atoms with Gasteiger partial charge in [-0.05, 0) is 31.4 Å². The molecule has 6 nitrogen and oxygen atoms in total. The van der Waals surface area contributed by atoms with Crippen LogP contribution in [0.4, 0.5) is 4.39 Å². The number of carbonyl (C=O) groups excluding carboxylic acids is 2. The number of hydrogen-bond donors (Lipinski definition) is 1. The molecule has 1 aliphatic carbocycles. The third kappa shape index (κ3) is 2.46. The number of halogens is 1. The summed E-state index contributed by atoms with van der Waals surface area (Å²) in [6.45, 7) is 0. The van der Waals surface area contributed by atoms with Gasteiger partial charge in [-0.1, -0.05) is 12.1 Å². The maximum Gasteiger partial charge on any atom is 0.245 e. The standard InChI is InChI=1S/C17H15FN4O2/c1-20-17(24)11(9-19)16(23)15-10-5-4-8-13(10)22(21-15)14-7-3-2-6-12(14)18/h2-3,6-7,11H,4-5,8H2,1H3,(H,20,24)/t11-/m1/s1. The number of ketones is 1. The molecular formula is C17H15FN4O2. The molecule has 1 heterocycles. The van der Waals surface area contributed by atoms with Gasteiger partial charge in [0.15, 0.2) is 5.92 Å². The zero-order valence-corrected chi connectivity index (χ0v) is 13.0. The molecular weight excluding hydrogens is 311 g/mol. The van der Waals surface area contributed by atoms with E-state index in [2.05, 4.69) is 10.4 Å². The second kappa shape index (κ2) is 6.24. The van der Waals surface area contributed by atoms with E-state index in [1.165, 1.54) is 17.8 Å². The Morgan fingerprint density at radius 3 is 2.79 bits per heavy atom. The highest BCUT2D eigenvalue weighted by atomic mass is 19.1. The quantitative estimate of drug-likeness (QED) is 0.682. The van der Waals surface area contributed by atoms with Crippen molar-refractivity contribution in [2.45, 2.75) is 19.3 Å². The molecule has 0 aliphatic heterocycles. The minimum absolute atomic E-state index is 0.0842. The third-order valence-electron chi connectivity index (χ3n) is 4.14. The predicted octanol–water partition coefficient (Wildman–Crippen LogP) is 1.57. The van der Waals surface area contributed by atoms with E-state index in [1.54, 1.807) is 24.3 Å². The minimum Gasteiger partial charge on any atom is -0.358 e. The van der Waals surface area contributed by atoms with Crippen molar-refractivity contribution in [2.75, 3.05) is 7.05 Å². The van der Waals surface area contributed by atoms with Crippen LogP contribution in [0, 0.1) is 23.1 Å². The number of nitrogens with one attached hydrogen (secondary N) is 1. The average molecular weight is 326 g/mol. The van der Waals surface area contributed by atoms with Gasteiger partial charge in [0.2, 0.25) is 11.7 Å². The van der Waals surface area contributed by atoms with E-state index < -0.39 is 23.4 Å². The van der Waals surface area contributed by atoms with Gasteiger partial charge in [-0.2, -0.15) is 10.4 Å². The number of nitrogens with zero attached hydrogens (tertiary/aromatic N) is 3. The van der Waals surface area contributed by atoms with Gasteiger partial charge >= 0.3 is 0 Å². The molecule has 1 amide bonds. The van der Waals surface area contributed by atoms with Gasteiger partial charge in [0.1, 0.15) is 17.2 Å². The van der Waals surface area contributed by atoms with Crippen LogP contribution in [0.1, 0.15) is 28.2 Å². The van der Waals surface area contributed by atoms with Crippen LogP contribution in [0.5, 0.6) is 0 Å². The first kappa shape index (κ1) is 15.9. The first-order chi connectivity index (χ1) is 11.6. The summed E-state index contributed by atoms with van der Waals surface area (Å²) in [7, 11) is 1.36. The highest BCUT2D eigenvalue weighted by molar-refractivity contribution is 6.12. The lowest BCUT2D eigenvalue weighted by Gasteiger charge is -2.07. The molecule has 122 valence electrons. The highest BCUT2D eigenvalue weighted by Crippen LogP contribution is 2.29. The summed E-state index contributed by atoms with van der Waals surface area (Å²) < 4.78 is 15.5. The Labute approximate surface area is 137 Å². The van der Waals surface area contributed by atoms with Crippen molar-refractivity contribution < 1.29 is 14.0 Å². The molecule has 1 aromatic carbocycles. The summed E-state index contributed by atoms with van der Waals surface area (Å²) >= 11 is 0. The number of carbonyl (C=O) groups is 2. The summed E-state index contributed by atoms with van der Waals surface area (Å²) in [5.74, 6) is -3.22. The van der Waals surface area contributed by atoms with Crippen molar-refractivity contribution in [1.29, 1.82) is 5.26 Å².